The Morgan fingerprint density at radius 1 is 0.964 bits per heavy atom. The minimum absolute atomic E-state index is 0.303. The molecule has 3 aromatic rings. The molecule has 142 valence electrons. The molecule has 0 aliphatic rings. The molecule has 3 aromatic carbocycles. The van der Waals surface area contributed by atoms with Gasteiger partial charge in [0.05, 0.1) is 6.21 Å². The number of benzene rings is 3. The Kier molecular flexibility index (Phi) is 6.09. The predicted molar refractivity (Wildman–Crippen MR) is 108 cm³/mol. The molecule has 3 rings (SSSR count). The maximum atomic E-state index is 13.2. The normalized spacial score (nSPS) is 11.6. The van der Waals surface area contributed by atoms with Crippen LogP contribution in [-0.2, 0) is 10.4 Å². The minimum Gasteiger partial charge on any atom is -0.372 e. The molecule has 1 amide bonds. The summed E-state index contributed by atoms with van der Waals surface area (Å²) >= 11 is 11.8. The second-order valence-electron chi connectivity index (χ2n) is 5.98. The minimum atomic E-state index is -2.03. The van der Waals surface area contributed by atoms with E-state index in [0.717, 1.165) is 0 Å². The lowest BCUT2D eigenvalue weighted by Gasteiger charge is -2.27. The van der Waals surface area contributed by atoms with E-state index in [1.165, 1.54) is 24.4 Å². The molecule has 28 heavy (non-hydrogen) atoms. The van der Waals surface area contributed by atoms with E-state index < -0.39 is 17.3 Å². The molecule has 0 atom stereocenters. The molecular weight excluding hydrogens is 402 g/mol. The van der Waals surface area contributed by atoms with E-state index in [9.17, 15) is 14.3 Å². The summed E-state index contributed by atoms with van der Waals surface area (Å²) in [5.41, 5.74) is 1.34. The van der Waals surface area contributed by atoms with E-state index in [-0.39, 0.29) is 0 Å². The molecule has 0 unspecified atom stereocenters. The molecule has 0 aliphatic carbocycles. The van der Waals surface area contributed by atoms with Gasteiger partial charge in [-0.15, -0.1) is 0 Å². The average molecular weight is 417 g/mol. The molecule has 0 saturated heterocycles. The number of hydrogen-bond acceptors (Lipinski definition) is 3. The Balaban J connectivity index is 1.93. The first-order valence-corrected chi connectivity index (χ1v) is 8.99. The fraction of sp³-hybridized carbons (Fsp3) is 0.0476. The van der Waals surface area contributed by atoms with E-state index in [4.69, 9.17) is 23.2 Å². The number of rotatable bonds is 5. The van der Waals surface area contributed by atoms with Gasteiger partial charge in [-0.2, -0.15) is 5.10 Å². The largest absolute Gasteiger partial charge is 0.372 e. The summed E-state index contributed by atoms with van der Waals surface area (Å²) in [6.45, 7) is 0. The number of carbonyl (C=O) groups is 1. The summed E-state index contributed by atoms with van der Waals surface area (Å²) < 4.78 is 13.2. The van der Waals surface area contributed by atoms with Crippen molar-refractivity contribution >= 4 is 35.3 Å². The van der Waals surface area contributed by atoms with Crippen LogP contribution in [-0.4, -0.2) is 17.2 Å². The van der Waals surface area contributed by atoms with Gasteiger partial charge in [0.25, 0.3) is 5.91 Å². The molecule has 7 heteroatoms. The van der Waals surface area contributed by atoms with E-state index in [1.807, 2.05) is 0 Å². The summed E-state index contributed by atoms with van der Waals surface area (Å²) in [4.78, 5) is 12.9. The van der Waals surface area contributed by atoms with Gasteiger partial charge < -0.3 is 5.11 Å². The molecule has 0 fully saturated rings. The van der Waals surface area contributed by atoms with Crippen LogP contribution in [0.25, 0.3) is 0 Å². The van der Waals surface area contributed by atoms with Crippen LogP contribution in [0.3, 0.4) is 0 Å². The highest BCUT2D eigenvalue weighted by Gasteiger charge is 2.40. The Bertz CT molecular complexity index is 960. The lowest BCUT2D eigenvalue weighted by molar-refractivity contribution is -0.136. The van der Waals surface area contributed by atoms with Gasteiger partial charge in [-0.1, -0.05) is 59.6 Å². The van der Waals surface area contributed by atoms with Crippen LogP contribution >= 0.6 is 23.2 Å². The van der Waals surface area contributed by atoms with Crippen molar-refractivity contribution in [2.45, 2.75) is 5.60 Å². The fourth-order valence-electron chi connectivity index (χ4n) is 2.64. The zero-order chi connectivity index (χ0) is 20.1. The average Bonchev–Trinajstić information content (AvgIpc) is 2.68. The van der Waals surface area contributed by atoms with Gasteiger partial charge in [0, 0.05) is 10.0 Å². The maximum absolute atomic E-state index is 13.2. The van der Waals surface area contributed by atoms with Crippen molar-refractivity contribution in [3.63, 3.8) is 0 Å². The lowest BCUT2D eigenvalue weighted by atomic mass is 9.85. The zero-order valence-electron chi connectivity index (χ0n) is 14.4. The van der Waals surface area contributed by atoms with Gasteiger partial charge in [-0.25, -0.2) is 9.82 Å². The predicted octanol–water partition coefficient (Wildman–Crippen LogP) is 4.52. The fourth-order valence-corrected chi connectivity index (χ4v) is 2.90. The number of halogens is 3. The van der Waals surface area contributed by atoms with Crippen molar-refractivity contribution in [3.8, 4) is 0 Å². The molecule has 0 bridgehead atoms. The standard InChI is InChI=1S/C21H15Cl2FN2O2/c22-17-8-4-15(5-9-17)21(28,16-6-10-18(23)11-7-16)20(27)26-25-13-14-2-1-3-19(24)12-14/h1-13,28H,(H,26,27). The number of nitrogens with zero attached hydrogens (tertiary/aromatic N) is 1. The van der Waals surface area contributed by atoms with Crippen molar-refractivity contribution in [1.82, 2.24) is 5.43 Å². The first-order chi connectivity index (χ1) is 13.4. The summed E-state index contributed by atoms with van der Waals surface area (Å²) in [6, 6.07) is 18.2. The summed E-state index contributed by atoms with van der Waals surface area (Å²) in [5, 5.41) is 16.1. The highest BCUT2D eigenvalue weighted by Crippen LogP contribution is 2.31. The first kappa shape index (κ1) is 20.0. The highest BCUT2D eigenvalue weighted by molar-refractivity contribution is 6.30. The molecular formula is C21H15Cl2FN2O2. The summed E-state index contributed by atoms with van der Waals surface area (Å²) in [5.74, 6) is -1.21. The molecule has 0 aliphatic heterocycles. The third-order valence-corrected chi connectivity index (χ3v) is 4.58. The lowest BCUT2D eigenvalue weighted by Crippen LogP contribution is -2.43. The van der Waals surface area contributed by atoms with Crippen molar-refractivity contribution in [2.24, 2.45) is 5.10 Å². The number of amides is 1. The SMILES string of the molecule is O=C(NN=Cc1cccc(F)c1)C(O)(c1ccc(Cl)cc1)c1ccc(Cl)cc1. The Morgan fingerprint density at radius 2 is 1.50 bits per heavy atom. The van der Waals surface area contributed by atoms with Crippen LogP contribution in [0.15, 0.2) is 77.9 Å². The quantitative estimate of drug-likeness (QED) is 0.474. The van der Waals surface area contributed by atoms with Crippen molar-refractivity contribution < 1.29 is 14.3 Å². The van der Waals surface area contributed by atoms with Gasteiger partial charge in [0.2, 0.25) is 0 Å². The van der Waals surface area contributed by atoms with Crippen LogP contribution in [0.2, 0.25) is 10.0 Å². The second-order valence-corrected chi connectivity index (χ2v) is 6.85. The summed E-state index contributed by atoms with van der Waals surface area (Å²) in [6.07, 6.45) is 1.28. The van der Waals surface area contributed by atoms with Crippen molar-refractivity contribution in [2.75, 3.05) is 0 Å². The highest BCUT2D eigenvalue weighted by atomic mass is 35.5. The van der Waals surface area contributed by atoms with Gasteiger partial charge in [0.15, 0.2) is 5.60 Å². The van der Waals surface area contributed by atoms with Crippen LogP contribution in [0.4, 0.5) is 4.39 Å². The zero-order valence-corrected chi connectivity index (χ0v) is 16.0. The van der Waals surface area contributed by atoms with Crippen molar-refractivity contribution in [1.29, 1.82) is 0 Å². The van der Waals surface area contributed by atoms with Crippen molar-refractivity contribution in [3.05, 3.63) is 105 Å². The summed E-state index contributed by atoms with van der Waals surface area (Å²) in [7, 11) is 0. The number of aliphatic hydroxyl groups is 1. The molecule has 0 heterocycles. The Hall–Kier alpha value is -2.73. The van der Waals surface area contributed by atoms with E-state index in [1.54, 1.807) is 54.6 Å². The first-order valence-electron chi connectivity index (χ1n) is 8.23. The molecule has 0 spiro atoms. The smallest absolute Gasteiger partial charge is 0.281 e. The molecule has 2 N–H and O–H groups in total. The van der Waals surface area contributed by atoms with Crippen LogP contribution < -0.4 is 5.43 Å². The molecule has 0 saturated carbocycles. The van der Waals surface area contributed by atoms with Crippen LogP contribution in [0.5, 0.6) is 0 Å². The van der Waals surface area contributed by atoms with E-state index >= 15 is 0 Å². The number of carbonyl (C=O) groups excluding carboxylic acids is 1. The van der Waals surface area contributed by atoms with Crippen LogP contribution in [0, 0.1) is 5.82 Å². The molecule has 4 nitrogen and oxygen atoms in total. The maximum Gasteiger partial charge on any atom is 0.281 e. The van der Waals surface area contributed by atoms with Crippen LogP contribution in [0.1, 0.15) is 16.7 Å². The molecule has 0 aromatic heterocycles. The number of nitrogens with one attached hydrogen (secondary N) is 1. The number of hydrogen-bond donors (Lipinski definition) is 2. The monoisotopic (exact) mass is 416 g/mol. The third-order valence-electron chi connectivity index (χ3n) is 4.08. The number of hydrazone groups is 1. The Labute approximate surface area is 171 Å². The van der Waals surface area contributed by atoms with Gasteiger partial charge in [-0.3, -0.25) is 4.79 Å². The van der Waals surface area contributed by atoms with Gasteiger partial charge in [-0.05, 0) is 53.1 Å². The van der Waals surface area contributed by atoms with Gasteiger partial charge >= 0.3 is 0 Å². The molecule has 0 radical (unpaired) electrons. The topological polar surface area (TPSA) is 61.7 Å². The van der Waals surface area contributed by atoms with E-state index in [2.05, 4.69) is 10.5 Å². The second kappa shape index (κ2) is 8.52. The Morgan fingerprint density at radius 3 is 2.00 bits per heavy atom. The third kappa shape index (κ3) is 4.39. The van der Waals surface area contributed by atoms with E-state index in [0.29, 0.717) is 26.7 Å². The van der Waals surface area contributed by atoms with Gasteiger partial charge in [0.1, 0.15) is 5.82 Å².